The Morgan fingerprint density at radius 2 is 2.22 bits per heavy atom. The number of amides is 1. The number of carbonyl (C=O) groups excluding carboxylic acids is 1. The molecule has 1 aromatic rings. The molecule has 1 aliphatic rings. The van der Waals surface area contributed by atoms with Crippen LogP contribution in [0.15, 0.2) is 23.2 Å². The lowest BCUT2D eigenvalue weighted by Crippen LogP contribution is -2.49. The van der Waals surface area contributed by atoms with Crippen LogP contribution in [0, 0.1) is 0 Å². The number of carbonyl (C=O) groups is 1. The summed E-state index contributed by atoms with van der Waals surface area (Å²) < 4.78 is 0. The molecule has 0 unspecified atom stereocenters. The Kier molecular flexibility index (Phi) is 4.28. The zero-order chi connectivity index (χ0) is 13.0. The van der Waals surface area contributed by atoms with Gasteiger partial charge >= 0.3 is 0 Å². The van der Waals surface area contributed by atoms with Gasteiger partial charge in [-0.3, -0.25) is 20.6 Å². The van der Waals surface area contributed by atoms with E-state index in [0.29, 0.717) is 21.6 Å². The predicted octanol–water partition coefficient (Wildman–Crippen LogP) is 1.58. The van der Waals surface area contributed by atoms with Crippen molar-refractivity contribution in [2.24, 2.45) is 4.99 Å². The molecule has 0 saturated heterocycles. The molecule has 7 heteroatoms. The Labute approximate surface area is 115 Å². The summed E-state index contributed by atoms with van der Waals surface area (Å²) in [5.41, 5.74) is 5.58. The molecule has 3 N–H and O–H groups in total. The number of benzene rings is 1. The van der Waals surface area contributed by atoms with Gasteiger partial charge in [0, 0.05) is 18.1 Å². The predicted molar refractivity (Wildman–Crippen MR) is 72.0 cm³/mol. The number of hydrogen-bond acceptors (Lipinski definition) is 4. The average molecular weight is 287 g/mol. The van der Waals surface area contributed by atoms with Crippen LogP contribution in [0.5, 0.6) is 0 Å². The van der Waals surface area contributed by atoms with Crippen LogP contribution in [0.1, 0.15) is 16.8 Å². The fourth-order valence-electron chi connectivity index (χ4n) is 1.47. The molecule has 1 aromatic carbocycles. The maximum atomic E-state index is 11.8. The summed E-state index contributed by atoms with van der Waals surface area (Å²) in [6, 6.07) is 4.70. The van der Waals surface area contributed by atoms with Gasteiger partial charge in [0.25, 0.3) is 5.91 Å². The number of rotatable bonds is 1. The minimum Gasteiger partial charge on any atom is -0.355 e. The van der Waals surface area contributed by atoms with Crippen molar-refractivity contribution < 1.29 is 4.79 Å². The largest absolute Gasteiger partial charge is 0.355 e. The first-order valence-corrected chi connectivity index (χ1v) is 6.22. The fourth-order valence-corrected chi connectivity index (χ4v) is 1.97. The van der Waals surface area contributed by atoms with E-state index < -0.39 is 0 Å². The molecule has 0 aromatic heterocycles. The molecule has 1 aliphatic heterocycles. The molecule has 0 fully saturated rings. The average Bonchev–Trinajstić information content (AvgIpc) is 2.37. The van der Waals surface area contributed by atoms with E-state index in [0.717, 1.165) is 19.5 Å². The van der Waals surface area contributed by atoms with Crippen LogP contribution in [0.4, 0.5) is 0 Å². The van der Waals surface area contributed by atoms with Crippen LogP contribution >= 0.6 is 23.2 Å². The van der Waals surface area contributed by atoms with Crippen molar-refractivity contribution in [3.63, 3.8) is 0 Å². The first-order valence-electron chi connectivity index (χ1n) is 5.46. The van der Waals surface area contributed by atoms with Crippen LogP contribution in [0.25, 0.3) is 0 Å². The van der Waals surface area contributed by atoms with E-state index in [9.17, 15) is 4.79 Å². The molecule has 0 aliphatic carbocycles. The second-order valence-corrected chi connectivity index (χ2v) is 4.56. The van der Waals surface area contributed by atoms with Gasteiger partial charge in [-0.2, -0.15) is 0 Å². The highest BCUT2D eigenvalue weighted by molar-refractivity contribution is 6.36. The normalized spacial score (nSPS) is 14.4. The zero-order valence-electron chi connectivity index (χ0n) is 9.46. The Balaban J connectivity index is 1.97. The topological polar surface area (TPSA) is 65.5 Å². The number of guanidine groups is 1. The monoisotopic (exact) mass is 286 g/mol. The van der Waals surface area contributed by atoms with Crippen molar-refractivity contribution in [1.82, 2.24) is 16.2 Å². The lowest BCUT2D eigenvalue weighted by atomic mass is 10.2. The first kappa shape index (κ1) is 13.0. The summed E-state index contributed by atoms with van der Waals surface area (Å²) in [7, 11) is 0. The highest BCUT2D eigenvalue weighted by Gasteiger charge is 2.11. The van der Waals surface area contributed by atoms with Crippen LogP contribution in [0.3, 0.4) is 0 Å². The molecule has 96 valence electrons. The first-order chi connectivity index (χ1) is 8.66. The highest BCUT2D eigenvalue weighted by atomic mass is 35.5. The Hall–Kier alpha value is -1.46. The van der Waals surface area contributed by atoms with Gasteiger partial charge in [-0.15, -0.1) is 0 Å². The summed E-state index contributed by atoms with van der Waals surface area (Å²) in [5, 5.41) is 3.81. The van der Waals surface area contributed by atoms with E-state index in [1.165, 1.54) is 6.07 Å². The minimum absolute atomic E-state index is 0.306. The molecule has 18 heavy (non-hydrogen) atoms. The molecule has 0 atom stereocenters. The van der Waals surface area contributed by atoms with Gasteiger partial charge in [0.2, 0.25) is 5.96 Å². The summed E-state index contributed by atoms with van der Waals surface area (Å²) in [5.74, 6) is 0.214. The number of hydrazine groups is 1. The lowest BCUT2D eigenvalue weighted by Gasteiger charge is -2.16. The molecule has 0 bridgehead atoms. The third-order valence-corrected chi connectivity index (χ3v) is 2.92. The molecule has 2 rings (SSSR count). The molecule has 5 nitrogen and oxygen atoms in total. The van der Waals surface area contributed by atoms with Crippen LogP contribution in [-0.4, -0.2) is 25.0 Å². The molecule has 0 spiro atoms. The quantitative estimate of drug-likeness (QED) is 0.687. The van der Waals surface area contributed by atoms with Gasteiger partial charge in [-0.1, -0.05) is 23.2 Å². The lowest BCUT2D eigenvalue weighted by molar-refractivity contribution is 0.0943. The maximum Gasteiger partial charge on any atom is 0.271 e. The van der Waals surface area contributed by atoms with Crippen LogP contribution in [-0.2, 0) is 0 Å². The number of aliphatic imine (C=N–C) groups is 1. The van der Waals surface area contributed by atoms with Crippen molar-refractivity contribution in [3.05, 3.63) is 33.8 Å². The smallest absolute Gasteiger partial charge is 0.271 e. The maximum absolute atomic E-state index is 11.8. The molecule has 0 radical (unpaired) electrons. The summed E-state index contributed by atoms with van der Waals surface area (Å²) >= 11 is 11.7. The summed E-state index contributed by atoms with van der Waals surface area (Å²) in [6.07, 6.45) is 0.988. The van der Waals surface area contributed by atoms with Gasteiger partial charge in [0.1, 0.15) is 0 Å². The van der Waals surface area contributed by atoms with Crippen LogP contribution < -0.4 is 16.2 Å². The van der Waals surface area contributed by atoms with E-state index in [1.54, 1.807) is 12.1 Å². The van der Waals surface area contributed by atoms with E-state index >= 15 is 0 Å². The number of nitrogens with zero attached hydrogens (tertiary/aromatic N) is 1. The second-order valence-electron chi connectivity index (χ2n) is 3.71. The molecule has 0 saturated carbocycles. The molecule has 1 amide bonds. The van der Waals surface area contributed by atoms with Crippen molar-refractivity contribution in [2.75, 3.05) is 13.1 Å². The third kappa shape index (κ3) is 3.27. The van der Waals surface area contributed by atoms with E-state index in [2.05, 4.69) is 21.2 Å². The standard InChI is InChI=1S/C11H12Cl2N4O/c12-7-2-3-8(9(13)6-7)10(18)16-17-11-14-4-1-5-15-11/h2-3,6H,1,4-5H2,(H,16,18)(H2,14,15,17). The molecular weight excluding hydrogens is 275 g/mol. The van der Waals surface area contributed by atoms with Crippen molar-refractivity contribution in [3.8, 4) is 0 Å². The second kappa shape index (κ2) is 5.93. The van der Waals surface area contributed by atoms with Gasteiger partial charge < -0.3 is 5.32 Å². The van der Waals surface area contributed by atoms with Crippen molar-refractivity contribution >= 4 is 35.1 Å². The molecule has 1 heterocycles. The highest BCUT2D eigenvalue weighted by Crippen LogP contribution is 2.20. The minimum atomic E-state index is -0.341. The fraction of sp³-hybridized carbons (Fsp3) is 0.273. The van der Waals surface area contributed by atoms with Gasteiger partial charge in [-0.05, 0) is 24.6 Å². The third-order valence-electron chi connectivity index (χ3n) is 2.37. The Bertz CT molecular complexity index is 490. The van der Waals surface area contributed by atoms with Gasteiger partial charge in [0.05, 0.1) is 10.6 Å². The summed E-state index contributed by atoms with van der Waals surface area (Å²) in [4.78, 5) is 16.0. The van der Waals surface area contributed by atoms with Gasteiger partial charge in [-0.25, -0.2) is 0 Å². The van der Waals surface area contributed by atoms with Crippen LogP contribution in [0.2, 0.25) is 10.0 Å². The zero-order valence-corrected chi connectivity index (χ0v) is 11.0. The SMILES string of the molecule is O=C(NNC1=NCCCN1)c1ccc(Cl)cc1Cl. The van der Waals surface area contributed by atoms with E-state index in [-0.39, 0.29) is 5.91 Å². The van der Waals surface area contributed by atoms with Gasteiger partial charge in [0.15, 0.2) is 0 Å². The number of halogens is 2. The number of hydrogen-bond donors (Lipinski definition) is 3. The summed E-state index contributed by atoms with van der Waals surface area (Å²) in [6.45, 7) is 1.58. The Morgan fingerprint density at radius 3 is 2.89 bits per heavy atom. The molecular formula is C11H12Cl2N4O. The Morgan fingerprint density at radius 1 is 1.39 bits per heavy atom. The van der Waals surface area contributed by atoms with Crippen molar-refractivity contribution in [2.45, 2.75) is 6.42 Å². The van der Waals surface area contributed by atoms with Crippen molar-refractivity contribution in [1.29, 1.82) is 0 Å². The number of nitrogens with one attached hydrogen (secondary N) is 3. The van der Waals surface area contributed by atoms with E-state index in [1.807, 2.05) is 0 Å². The van der Waals surface area contributed by atoms with E-state index in [4.69, 9.17) is 23.2 Å².